The van der Waals surface area contributed by atoms with E-state index >= 15 is 0 Å². The van der Waals surface area contributed by atoms with E-state index in [-0.39, 0.29) is 28.4 Å². The maximum absolute atomic E-state index is 13.2. The lowest BCUT2D eigenvalue weighted by molar-refractivity contribution is -0.126. The van der Waals surface area contributed by atoms with E-state index in [4.69, 9.17) is 16.3 Å². The number of amides is 1. The van der Waals surface area contributed by atoms with Gasteiger partial charge in [-0.15, -0.1) is 0 Å². The number of benzene rings is 2. The van der Waals surface area contributed by atoms with Crippen LogP contribution in [0, 0.1) is 26.7 Å². The summed E-state index contributed by atoms with van der Waals surface area (Å²) < 4.78 is 32.8. The molecule has 174 valence electrons. The third-order valence-corrected chi connectivity index (χ3v) is 8.38. The van der Waals surface area contributed by atoms with Gasteiger partial charge in [0.1, 0.15) is 5.75 Å². The molecule has 2 atom stereocenters. The van der Waals surface area contributed by atoms with E-state index < -0.39 is 15.9 Å². The van der Waals surface area contributed by atoms with Crippen LogP contribution in [0.25, 0.3) is 0 Å². The van der Waals surface area contributed by atoms with Gasteiger partial charge < -0.3 is 10.1 Å². The quantitative estimate of drug-likeness (QED) is 0.660. The number of sulfonamides is 1. The van der Waals surface area contributed by atoms with Gasteiger partial charge in [0, 0.05) is 13.1 Å². The highest BCUT2D eigenvalue weighted by atomic mass is 35.5. The summed E-state index contributed by atoms with van der Waals surface area (Å²) in [7, 11) is -2.28. The fraction of sp³-hybridized carbons (Fsp3) is 0.458. The molecular formula is C24H31ClN2O4S. The van der Waals surface area contributed by atoms with Gasteiger partial charge in [-0.1, -0.05) is 23.7 Å². The van der Waals surface area contributed by atoms with Crippen LogP contribution in [-0.2, 0) is 14.8 Å². The molecule has 0 aliphatic carbocycles. The fourth-order valence-electron chi connectivity index (χ4n) is 4.19. The molecule has 8 heteroatoms. The number of methoxy groups -OCH3 is 1. The van der Waals surface area contributed by atoms with Crippen LogP contribution < -0.4 is 10.1 Å². The summed E-state index contributed by atoms with van der Waals surface area (Å²) >= 11 is 6.13. The Morgan fingerprint density at radius 3 is 2.50 bits per heavy atom. The van der Waals surface area contributed by atoms with Gasteiger partial charge in [0.05, 0.1) is 29.0 Å². The highest BCUT2D eigenvalue weighted by Crippen LogP contribution is 2.30. The number of hydrogen-bond donors (Lipinski definition) is 1. The first-order valence-corrected chi connectivity index (χ1v) is 12.6. The molecular weight excluding hydrogens is 448 g/mol. The molecule has 3 rings (SSSR count). The molecule has 0 unspecified atom stereocenters. The Kier molecular flexibility index (Phi) is 7.53. The Morgan fingerprint density at radius 2 is 1.84 bits per heavy atom. The SMILES string of the molecule is COc1ccc(S(=O)(=O)N2CCC[C@@H](C(=O)N[C@H](C)c3cc(C)c(C)cc3C)C2)cc1Cl. The first kappa shape index (κ1) is 24.6. The molecule has 0 spiro atoms. The molecule has 1 amide bonds. The number of rotatable bonds is 6. The summed E-state index contributed by atoms with van der Waals surface area (Å²) in [6.07, 6.45) is 1.28. The lowest BCUT2D eigenvalue weighted by Gasteiger charge is -2.32. The Bertz CT molecular complexity index is 1120. The van der Waals surface area contributed by atoms with Gasteiger partial charge in [0.25, 0.3) is 0 Å². The Morgan fingerprint density at radius 1 is 1.16 bits per heavy atom. The number of carbonyl (C=O) groups is 1. The molecule has 6 nitrogen and oxygen atoms in total. The highest BCUT2D eigenvalue weighted by Gasteiger charge is 2.34. The van der Waals surface area contributed by atoms with Crippen molar-refractivity contribution < 1.29 is 17.9 Å². The molecule has 0 bridgehead atoms. The minimum absolute atomic E-state index is 0.100. The summed E-state index contributed by atoms with van der Waals surface area (Å²) in [5.41, 5.74) is 4.61. The minimum Gasteiger partial charge on any atom is -0.495 e. The monoisotopic (exact) mass is 478 g/mol. The molecule has 1 fully saturated rings. The Labute approximate surface area is 196 Å². The number of nitrogens with zero attached hydrogens (tertiary/aromatic N) is 1. The molecule has 1 saturated heterocycles. The van der Waals surface area contributed by atoms with E-state index in [0.29, 0.717) is 25.1 Å². The van der Waals surface area contributed by atoms with Crippen molar-refractivity contribution in [1.29, 1.82) is 0 Å². The van der Waals surface area contributed by atoms with Gasteiger partial charge in [-0.25, -0.2) is 8.42 Å². The summed E-state index contributed by atoms with van der Waals surface area (Å²) in [6.45, 7) is 8.66. The third kappa shape index (κ3) is 5.11. The van der Waals surface area contributed by atoms with Crippen molar-refractivity contribution in [1.82, 2.24) is 9.62 Å². The predicted octanol–water partition coefficient (Wildman–Crippen LogP) is 4.55. The van der Waals surface area contributed by atoms with E-state index in [2.05, 4.69) is 31.3 Å². The van der Waals surface area contributed by atoms with Crippen molar-refractivity contribution in [3.63, 3.8) is 0 Å². The first-order chi connectivity index (χ1) is 15.0. The molecule has 1 heterocycles. The van der Waals surface area contributed by atoms with Crippen molar-refractivity contribution in [2.75, 3.05) is 20.2 Å². The number of nitrogens with one attached hydrogen (secondary N) is 1. The maximum Gasteiger partial charge on any atom is 0.243 e. The number of ether oxygens (including phenoxy) is 1. The largest absolute Gasteiger partial charge is 0.495 e. The van der Waals surface area contributed by atoms with Crippen LogP contribution >= 0.6 is 11.6 Å². The second kappa shape index (κ2) is 9.81. The van der Waals surface area contributed by atoms with Crippen molar-refractivity contribution in [3.8, 4) is 5.75 Å². The van der Waals surface area contributed by atoms with Gasteiger partial charge in [0.15, 0.2) is 0 Å². The highest BCUT2D eigenvalue weighted by molar-refractivity contribution is 7.89. The Hall–Kier alpha value is -2.09. The average Bonchev–Trinajstić information content (AvgIpc) is 2.76. The maximum atomic E-state index is 13.2. The second-order valence-corrected chi connectivity index (χ2v) is 10.9. The molecule has 0 aromatic heterocycles. The van der Waals surface area contributed by atoms with Gasteiger partial charge in [-0.3, -0.25) is 4.79 Å². The normalized spacial score (nSPS) is 18.2. The van der Waals surface area contributed by atoms with Crippen LogP contribution in [0.1, 0.15) is 48.1 Å². The topological polar surface area (TPSA) is 75.7 Å². The lowest BCUT2D eigenvalue weighted by Crippen LogP contribution is -2.45. The standard InChI is InChI=1S/C24H31ClN2O4S/c1-15-11-17(3)21(12-16(15)2)18(4)26-24(28)19-7-6-10-27(14-19)32(29,30)20-8-9-23(31-5)22(25)13-20/h8-9,11-13,18-19H,6-7,10,14H2,1-5H3,(H,26,28)/t18-,19-/m1/s1. The van der Waals surface area contributed by atoms with Crippen LogP contribution in [0.15, 0.2) is 35.2 Å². The Balaban J connectivity index is 1.73. The summed E-state index contributed by atoms with van der Waals surface area (Å²) in [5.74, 6) is -0.110. The van der Waals surface area contributed by atoms with Crippen LogP contribution in [0.4, 0.5) is 0 Å². The van der Waals surface area contributed by atoms with Crippen molar-refractivity contribution in [2.45, 2.75) is 51.5 Å². The molecule has 1 aliphatic rings. The molecule has 1 aliphatic heterocycles. The number of halogens is 1. The lowest BCUT2D eigenvalue weighted by atomic mass is 9.95. The molecule has 0 saturated carbocycles. The van der Waals surface area contributed by atoms with Crippen LogP contribution in [-0.4, -0.2) is 38.8 Å². The van der Waals surface area contributed by atoms with Crippen LogP contribution in [0.2, 0.25) is 5.02 Å². The zero-order valence-electron chi connectivity index (χ0n) is 19.2. The second-order valence-electron chi connectivity index (χ2n) is 8.52. The molecule has 1 N–H and O–H groups in total. The predicted molar refractivity (Wildman–Crippen MR) is 127 cm³/mol. The van der Waals surface area contributed by atoms with Gasteiger partial charge in [-0.05, 0) is 81.0 Å². The van der Waals surface area contributed by atoms with Gasteiger partial charge in [0.2, 0.25) is 15.9 Å². The average molecular weight is 479 g/mol. The summed E-state index contributed by atoms with van der Waals surface area (Å²) in [5, 5.41) is 3.33. The van der Waals surface area contributed by atoms with Crippen molar-refractivity contribution in [3.05, 3.63) is 57.6 Å². The third-order valence-electron chi connectivity index (χ3n) is 6.22. The van der Waals surface area contributed by atoms with Crippen molar-refractivity contribution in [2.24, 2.45) is 5.92 Å². The van der Waals surface area contributed by atoms with E-state index in [1.54, 1.807) is 0 Å². The minimum atomic E-state index is -3.76. The number of hydrogen-bond acceptors (Lipinski definition) is 4. The number of piperidine rings is 1. The molecule has 0 radical (unpaired) electrons. The van der Waals surface area contributed by atoms with Crippen LogP contribution in [0.3, 0.4) is 0 Å². The smallest absolute Gasteiger partial charge is 0.243 e. The summed E-state index contributed by atoms with van der Waals surface area (Å²) in [4.78, 5) is 13.1. The first-order valence-electron chi connectivity index (χ1n) is 10.8. The van der Waals surface area contributed by atoms with Gasteiger partial charge >= 0.3 is 0 Å². The van der Waals surface area contributed by atoms with E-state index in [9.17, 15) is 13.2 Å². The zero-order valence-corrected chi connectivity index (χ0v) is 20.8. The van der Waals surface area contributed by atoms with E-state index in [1.807, 2.05) is 13.8 Å². The van der Waals surface area contributed by atoms with Crippen molar-refractivity contribution >= 4 is 27.5 Å². The van der Waals surface area contributed by atoms with Crippen LogP contribution in [0.5, 0.6) is 5.75 Å². The van der Waals surface area contributed by atoms with Gasteiger partial charge in [-0.2, -0.15) is 4.31 Å². The number of carbonyl (C=O) groups excluding carboxylic acids is 1. The molecule has 2 aromatic carbocycles. The fourth-order valence-corrected chi connectivity index (χ4v) is 6.06. The zero-order chi connectivity index (χ0) is 23.6. The molecule has 2 aromatic rings. The molecule has 32 heavy (non-hydrogen) atoms. The van der Waals surface area contributed by atoms with E-state index in [0.717, 1.165) is 11.1 Å². The summed E-state index contributed by atoms with van der Waals surface area (Å²) in [6, 6.07) is 8.49. The van der Waals surface area contributed by atoms with E-state index in [1.165, 1.54) is 40.7 Å². The number of aryl methyl sites for hydroxylation is 3.